The van der Waals surface area contributed by atoms with Crippen LogP contribution in [-0.4, -0.2) is 26.1 Å². The zero-order chi connectivity index (χ0) is 18.5. The number of hydrogen-bond acceptors (Lipinski definition) is 5. The molecule has 1 aliphatic rings. The summed E-state index contributed by atoms with van der Waals surface area (Å²) in [5, 5.41) is 11.6. The summed E-state index contributed by atoms with van der Waals surface area (Å²) < 4.78 is 1.74. The Kier molecular flexibility index (Phi) is 3.84. The van der Waals surface area contributed by atoms with Crippen LogP contribution >= 0.6 is 11.3 Å². The smallest absolute Gasteiger partial charge is 0.258 e. The number of benzene rings is 1. The van der Waals surface area contributed by atoms with E-state index in [1.165, 1.54) is 0 Å². The normalized spacial score (nSPS) is 19.0. The molecule has 1 aliphatic carbocycles. The Morgan fingerprint density at radius 1 is 1.30 bits per heavy atom. The van der Waals surface area contributed by atoms with E-state index in [4.69, 9.17) is 4.98 Å². The fraction of sp³-hybridized carbons (Fsp3) is 0.286. The lowest BCUT2D eigenvalue weighted by Gasteiger charge is -2.06. The van der Waals surface area contributed by atoms with Crippen LogP contribution in [0.1, 0.15) is 34.2 Å². The molecule has 0 aliphatic heterocycles. The molecule has 5 nitrogen and oxygen atoms in total. The summed E-state index contributed by atoms with van der Waals surface area (Å²) in [4.78, 5) is 23.8. The first-order valence-corrected chi connectivity index (χ1v) is 9.92. The number of fused-ring (bicyclic) bond motifs is 2. The molecule has 6 heteroatoms. The quantitative estimate of drug-likeness (QED) is 0.593. The molecular weight excluding hydrogens is 358 g/mol. The van der Waals surface area contributed by atoms with Crippen molar-refractivity contribution in [3.05, 3.63) is 74.9 Å². The van der Waals surface area contributed by atoms with Gasteiger partial charge in [0, 0.05) is 53.4 Å². The number of thiazole rings is 1. The summed E-state index contributed by atoms with van der Waals surface area (Å²) in [6, 6.07) is 9.77. The third-order valence-corrected chi connectivity index (χ3v) is 6.39. The van der Waals surface area contributed by atoms with Crippen molar-refractivity contribution in [2.24, 2.45) is 5.92 Å². The molecule has 0 bridgehead atoms. The van der Waals surface area contributed by atoms with Crippen molar-refractivity contribution < 1.29 is 5.11 Å². The van der Waals surface area contributed by atoms with Gasteiger partial charge in [-0.25, -0.2) is 4.98 Å². The van der Waals surface area contributed by atoms with Crippen LogP contribution in [-0.2, 0) is 6.42 Å². The summed E-state index contributed by atoms with van der Waals surface area (Å²) >= 11 is 1.56. The van der Waals surface area contributed by atoms with E-state index in [1.54, 1.807) is 21.8 Å². The van der Waals surface area contributed by atoms with E-state index in [-0.39, 0.29) is 24.0 Å². The van der Waals surface area contributed by atoms with Gasteiger partial charge in [0.15, 0.2) is 4.96 Å². The second kappa shape index (κ2) is 6.25. The van der Waals surface area contributed by atoms with Crippen molar-refractivity contribution in [1.82, 2.24) is 14.4 Å². The zero-order valence-corrected chi connectivity index (χ0v) is 15.7. The molecule has 3 aromatic heterocycles. The summed E-state index contributed by atoms with van der Waals surface area (Å²) in [6.07, 6.45) is 5.23. The monoisotopic (exact) mass is 377 g/mol. The Balaban J connectivity index is 1.58. The maximum Gasteiger partial charge on any atom is 0.258 e. The number of aliphatic hydroxyl groups excluding tert-OH is 1. The summed E-state index contributed by atoms with van der Waals surface area (Å²) in [6.45, 7) is 2.21. The van der Waals surface area contributed by atoms with E-state index in [9.17, 15) is 9.90 Å². The van der Waals surface area contributed by atoms with Crippen molar-refractivity contribution in [3.63, 3.8) is 0 Å². The summed E-state index contributed by atoms with van der Waals surface area (Å²) in [7, 11) is 0. The Bertz CT molecular complexity index is 1220. The van der Waals surface area contributed by atoms with Gasteiger partial charge in [0.2, 0.25) is 0 Å². The highest BCUT2D eigenvalue weighted by atomic mass is 32.1. The first-order chi connectivity index (χ1) is 13.2. The average Bonchev–Trinajstić information content (AvgIpc) is 3.36. The standard InChI is InChI=1S/C21H19N3O2S/c1-12-20(18-7-15(18)11-25)24-19(26)8-16(23-21(24)27-12)6-14-10-22-9-13-4-2-3-5-17(13)14/h2-5,8-10,15,18,25H,6-7,11H2,1H3/t15-,18+/m0/s1. The second-order valence-electron chi connectivity index (χ2n) is 7.23. The molecule has 0 amide bonds. The van der Waals surface area contributed by atoms with Crippen LogP contribution < -0.4 is 5.56 Å². The molecule has 1 N–H and O–H groups in total. The Morgan fingerprint density at radius 3 is 2.96 bits per heavy atom. The van der Waals surface area contributed by atoms with E-state index in [0.717, 1.165) is 44.0 Å². The molecule has 3 heterocycles. The van der Waals surface area contributed by atoms with Crippen molar-refractivity contribution in [1.29, 1.82) is 0 Å². The number of aromatic nitrogens is 3. The lowest BCUT2D eigenvalue weighted by molar-refractivity contribution is 0.273. The van der Waals surface area contributed by atoms with Gasteiger partial charge < -0.3 is 5.11 Å². The number of hydrogen-bond donors (Lipinski definition) is 1. The van der Waals surface area contributed by atoms with Gasteiger partial charge in [-0.1, -0.05) is 24.3 Å². The fourth-order valence-electron chi connectivity index (χ4n) is 3.96. The maximum absolute atomic E-state index is 12.9. The van der Waals surface area contributed by atoms with E-state index >= 15 is 0 Å². The molecule has 1 aromatic carbocycles. The number of pyridine rings is 1. The highest BCUT2D eigenvalue weighted by Gasteiger charge is 2.41. The Labute approximate surface area is 160 Å². The fourth-order valence-corrected chi connectivity index (χ4v) is 5.02. The van der Waals surface area contributed by atoms with Crippen LogP contribution in [0.25, 0.3) is 15.7 Å². The number of rotatable bonds is 4. The van der Waals surface area contributed by atoms with Gasteiger partial charge in [0.1, 0.15) is 0 Å². The SMILES string of the molecule is Cc1sc2nc(Cc3cncc4ccccc34)cc(=O)n2c1[C@@H]1C[C@H]1CO. The minimum absolute atomic E-state index is 0.0360. The highest BCUT2D eigenvalue weighted by Crippen LogP contribution is 2.49. The number of aryl methyl sites for hydroxylation is 1. The molecule has 2 atom stereocenters. The van der Waals surface area contributed by atoms with E-state index in [2.05, 4.69) is 11.1 Å². The number of nitrogens with zero attached hydrogens (tertiary/aromatic N) is 3. The van der Waals surface area contributed by atoms with Gasteiger partial charge in [-0.2, -0.15) is 0 Å². The van der Waals surface area contributed by atoms with Crippen molar-refractivity contribution >= 4 is 27.1 Å². The summed E-state index contributed by atoms with van der Waals surface area (Å²) in [5.41, 5.74) is 2.83. The Morgan fingerprint density at radius 2 is 2.15 bits per heavy atom. The van der Waals surface area contributed by atoms with Crippen LogP contribution in [0, 0.1) is 12.8 Å². The molecule has 0 unspecified atom stereocenters. The summed E-state index contributed by atoms with van der Waals surface area (Å²) in [5.74, 6) is 0.547. The molecule has 0 spiro atoms. The molecule has 4 aromatic rings. The van der Waals surface area contributed by atoms with Crippen LogP contribution in [0.15, 0.2) is 47.5 Å². The third kappa shape index (κ3) is 2.76. The Hall–Kier alpha value is -2.57. The van der Waals surface area contributed by atoms with Crippen molar-refractivity contribution in [3.8, 4) is 0 Å². The first-order valence-electron chi connectivity index (χ1n) is 9.10. The predicted molar refractivity (Wildman–Crippen MR) is 107 cm³/mol. The van der Waals surface area contributed by atoms with E-state index in [0.29, 0.717) is 6.42 Å². The van der Waals surface area contributed by atoms with Crippen molar-refractivity contribution in [2.45, 2.75) is 25.7 Å². The van der Waals surface area contributed by atoms with Gasteiger partial charge in [-0.15, -0.1) is 11.3 Å². The molecule has 27 heavy (non-hydrogen) atoms. The third-order valence-electron chi connectivity index (χ3n) is 5.42. The van der Waals surface area contributed by atoms with Gasteiger partial charge in [0.25, 0.3) is 5.56 Å². The molecule has 1 saturated carbocycles. The van der Waals surface area contributed by atoms with Gasteiger partial charge in [-0.05, 0) is 30.2 Å². The number of aliphatic hydroxyl groups is 1. The lowest BCUT2D eigenvalue weighted by atomic mass is 10.0. The van der Waals surface area contributed by atoms with E-state index in [1.807, 2.05) is 37.5 Å². The molecule has 0 saturated heterocycles. The molecule has 5 rings (SSSR count). The highest BCUT2D eigenvalue weighted by molar-refractivity contribution is 7.17. The second-order valence-corrected chi connectivity index (χ2v) is 8.41. The zero-order valence-electron chi connectivity index (χ0n) is 14.9. The van der Waals surface area contributed by atoms with E-state index < -0.39 is 0 Å². The minimum Gasteiger partial charge on any atom is -0.396 e. The average molecular weight is 377 g/mol. The van der Waals surface area contributed by atoms with Crippen molar-refractivity contribution in [2.75, 3.05) is 6.61 Å². The lowest BCUT2D eigenvalue weighted by Crippen LogP contribution is -2.17. The van der Waals surface area contributed by atoms with Crippen LogP contribution in [0.3, 0.4) is 0 Å². The van der Waals surface area contributed by atoms with Gasteiger partial charge >= 0.3 is 0 Å². The molecule has 0 radical (unpaired) electrons. The molecular formula is C21H19N3O2S. The van der Waals surface area contributed by atoms with Crippen LogP contribution in [0.5, 0.6) is 0 Å². The molecule has 136 valence electrons. The first kappa shape index (κ1) is 16.6. The van der Waals surface area contributed by atoms with Crippen LogP contribution in [0.4, 0.5) is 0 Å². The topological polar surface area (TPSA) is 67.5 Å². The molecule has 1 fully saturated rings. The van der Waals surface area contributed by atoms with Gasteiger partial charge in [-0.3, -0.25) is 14.2 Å². The largest absolute Gasteiger partial charge is 0.396 e. The minimum atomic E-state index is -0.0360. The predicted octanol–water partition coefficient (Wildman–Crippen LogP) is 3.30. The van der Waals surface area contributed by atoms with Crippen LogP contribution in [0.2, 0.25) is 0 Å². The van der Waals surface area contributed by atoms with Gasteiger partial charge in [0.05, 0.1) is 5.69 Å². The maximum atomic E-state index is 12.9.